The fraction of sp³-hybridized carbons (Fsp3) is 0.296. The summed E-state index contributed by atoms with van der Waals surface area (Å²) in [6.07, 6.45) is 11.5. The lowest BCUT2D eigenvalue weighted by Crippen LogP contribution is -2.10. The zero-order chi connectivity index (χ0) is 21.9. The molecule has 0 N–H and O–H groups in total. The van der Waals surface area contributed by atoms with E-state index < -0.39 is 0 Å². The Bertz CT molecular complexity index is 1210. The zero-order valence-electron chi connectivity index (χ0n) is 18.4. The highest BCUT2D eigenvalue weighted by Gasteiger charge is 2.19. The first-order chi connectivity index (χ1) is 15.7. The predicted molar refractivity (Wildman–Crippen MR) is 126 cm³/mol. The predicted octanol–water partition coefficient (Wildman–Crippen LogP) is 5.64. The highest BCUT2D eigenvalue weighted by atomic mass is 19.1. The maximum Gasteiger partial charge on any atom is 0.137 e. The number of allylic oxidation sites excluding steroid dienone is 4. The van der Waals surface area contributed by atoms with E-state index in [1.165, 1.54) is 22.4 Å². The number of benzene rings is 2. The lowest BCUT2D eigenvalue weighted by molar-refractivity contribution is 0.596. The average Bonchev–Trinajstić information content (AvgIpc) is 3.52. The minimum absolute atomic E-state index is 0.175. The van der Waals surface area contributed by atoms with Crippen molar-refractivity contribution in [3.8, 4) is 0 Å². The molecular weight excluding hydrogens is 399 g/mol. The molecule has 4 nitrogen and oxygen atoms in total. The molecule has 0 saturated heterocycles. The molecule has 2 aliphatic rings. The molecule has 0 radical (unpaired) electrons. The molecule has 162 valence electrons. The minimum atomic E-state index is -0.175. The van der Waals surface area contributed by atoms with Crippen LogP contribution in [0.1, 0.15) is 53.2 Å². The number of aromatic nitrogens is 3. The number of aliphatic imine (C=N–C) groups is 1. The van der Waals surface area contributed by atoms with Gasteiger partial charge in [0.05, 0.1) is 0 Å². The first-order valence-electron chi connectivity index (χ1n) is 11.3. The van der Waals surface area contributed by atoms with Gasteiger partial charge in [0.2, 0.25) is 0 Å². The largest absolute Gasteiger partial charge is 0.314 e. The molecule has 0 saturated carbocycles. The Morgan fingerprint density at radius 1 is 0.969 bits per heavy atom. The molecule has 1 aliphatic heterocycles. The summed E-state index contributed by atoms with van der Waals surface area (Å²) in [6.45, 7) is 2.96. The average molecular weight is 427 g/mol. The van der Waals surface area contributed by atoms with Crippen molar-refractivity contribution in [1.82, 2.24) is 14.8 Å². The molecule has 0 atom stereocenters. The highest BCUT2D eigenvalue weighted by molar-refractivity contribution is 5.74. The van der Waals surface area contributed by atoms with Gasteiger partial charge in [0, 0.05) is 37.7 Å². The lowest BCUT2D eigenvalue weighted by Gasteiger charge is -2.12. The van der Waals surface area contributed by atoms with Gasteiger partial charge in [-0.3, -0.25) is 4.99 Å². The third-order valence-electron chi connectivity index (χ3n) is 6.25. The Kier molecular flexibility index (Phi) is 5.80. The molecule has 32 heavy (non-hydrogen) atoms. The molecule has 5 heteroatoms. The van der Waals surface area contributed by atoms with Gasteiger partial charge in [-0.1, -0.05) is 48.0 Å². The van der Waals surface area contributed by atoms with Gasteiger partial charge in [0.15, 0.2) is 0 Å². The van der Waals surface area contributed by atoms with Crippen LogP contribution in [0.4, 0.5) is 4.39 Å². The van der Waals surface area contributed by atoms with Crippen LogP contribution >= 0.6 is 0 Å². The van der Waals surface area contributed by atoms with E-state index in [9.17, 15) is 4.39 Å². The maximum atomic E-state index is 13.6. The minimum Gasteiger partial charge on any atom is -0.314 e. The van der Waals surface area contributed by atoms with Crippen molar-refractivity contribution in [2.75, 3.05) is 0 Å². The monoisotopic (exact) mass is 426 g/mol. The molecule has 0 amide bonds. The van der Waals surface area contributed by atoms with Crippen LogP contribution in [-0.2, 0) is 25.8 Å². The van der Waals surface area contributed by atoms with Crippen LogP contribution in [0, 0.1) is 12.7 Å². The lowest BCUT2D eigenvalue weighted by atomic mass is 10.0. The van der Waals surface area contributed by atoms with E-state index in [2.05, 4.69) is 63.1 Å². The number of halogens is 1. The zero-order valence-corrected chi connectivity index (χ0v) is 18.4. The van der Waals surface area contributed by atoms with Crippen molar-refractivity contribution in [2.24, 2.45) is 4.99 Å². The summed E-state index contributed by atoms with van der Waals surface area (Å²) in [4.78, 5) is 4.45. The van der Waals surface area contributed by atoms with Gasteiger partial charge in [-0.25, -0.2) is 4.39 Å². The first kappa shape index (κ1) is 20.6. The van der Waals surface area contributed by atoms with Crippen LogP contribution in [0.25, 0.3) is 5.57 Å². The fourth-order valence-electron chi connectivity index (χ4n) is 4.50. The molecule has 0 bridgehead atoms. The summed E-state index contributed by atoms with van der Waals surface area (Å²) in [5.74, 6) is 1.79. The van der Waals surface area contributed by atoms with E-state index in [4.69, 9.17) is 0 Å². The molecule has 2 aromatic carbocycles. The van der Waals surface area contributed by atoms with E-state index in [0.717, 1.165) is 61.4 Å². The highest BCUT2D eigenvalue weighted by Crippen LogP contribution is 2.30. The van der Waals surface area contributed by atoms with Crippen LogP contribution in [0.2, 0.25) is 0 Å². The summed E-state index contributed by atoms with van der Waals surface area (Å²) in [5, 5.41) is 9.17. The second-order valence-corrected chi connectivity index (χ2v) is 8.60. The summed E-state index contributed by atoms with van der Waals surface area (Å²) in [6, 6.07) is 13.7. The van der Waals surface area contributed by atoms with Crippen LogP contribution < -0.4 is 0 Å². The standard InChI is InChI=1S/C27H27FN4/c1-19-6-8-20(9-7-19)16-26-30-31-27(32(26)15-3-5-24-4-2-14-29-24)18-22-11-10-21-17-23(28)12-13-25(21)22/h4,6-9,11-14,17H,2-3,5,10,15-16,18H2,1H3. The Morgan fingerprint density at radius 2 is 1.78 bits per heavy atom. The topological polar surface area (TPSA) is 43.1 Å². The summed E-state index contributed by atoms with van der Waals surface area (Å²) >= 11 is 0. The number of fused-ring (bicyclic) bond motifs is 1. The molecule has 3 aromatic rings. The Hall–Kier alpha value is -3.34. The smallest absolute Gasteiger partial charge is 0.137 e. The van der Waals surface area contributed by atoms with Gasteiger partial charge in [-0.15, -0.1) is 10.2 Å². The van der Waals surface area contributed by atoms with E-state index in [-0.39, 0.29) is 5.82 Å². The summed E-state index contributed by atoms with van der Waals surface area (Å²) in [7, 11) is 0. The molecule has 5 rings (SSSR count). The van der Waals surface area contributed by atoms with E-state index in [1.807, 2.05) is 12.3 Å². The number of rotatable bonds is 8. The molecule has 1 aromatic heterocycles. The fourth-order valence-corrected chi connectivity index (χ4v) is 4.50. The van der Waals surface area contributed by atoms with Gasteiger partial charge >= 0.3 is 0 Å². The quantitative estimate of drug-likeness (QED) is 0.468. The summed E-state index contributed by atoms with van der Waals surface area (Å²) < 4.78 is 15.9. The van der Waals surface area contributed by atoms with Gasteiger partial charge in [0.25, 0.3) is 0 Å². The van der Waals surface area contributed by atoms with Crippen molar-refractivity contribution in [1.29, 1.82) is 0 Å². The molecule has 1 aliphatic carbocycles. The van der Waals surface area contributed by atoms with Gasteiger partial charge in [-0.05, 0) is 60.6 Å². The first-order valence-corrected chi connectivity index (χ1v) is 11.3. The number of hydrogen-bond acceptors (Lipinski definition) is 3. The van der Waals surface area contributed by atoms with Crippen molar-refractivity contribution in [3.63, 3.8) is 0 Å². The second-order valence-electron chi connectivity index (χ2n) is 8.60. The van der Waals surface area contributed by atoms with Gasteiger partial charge < -0.3 is 4.57 Å². The van der Waals surface area contributed by atoms with E-state index in [0.29, 0.717) is 6.42 Å². The maximum absolute atomic E-state index is 13.6. The van der Waals surface area contributed by atoms with Crippen molar-refractivity contribution in [2.45, 2.75) is 52.0 Å². The molecule has 0 spiro atoms. The molecular formula is C27H27FN4. The van der Waals surface area contributed by atoms with Crippen LogP contribution in [0.3, 0.4) is 0 Å². The molecule has 0 unspecified atom stereocenters. The summed E-state index contributed by atoms with van der Waals surface area (Å²) in [5.41, 5.74) is 7.06. The third kappa shape index (κ3) is 4.47. The Labute approximate surface area is 188 Å². The van der Waals surface area contributed by atoms with E-state index in [1.54, 1.807) is 12.1 Å². The molecule has 0 fully saturated rings. The van der Waals surface area contributed by atoms with Crippen LogP contribution in [-0.4, -0.2) is 21.0 Å². The number of aryl methyl sites for hydroxylation is 1. The van der Waals surface area contributed by atoms with Crippen molar-refractivity contribution < 1.29 is 4.39 Å². The number of hydrogen-bond donors (Lipinski definition) is 0. The Balaban J connectivity index is 1.38. The molecule has 2 heterocycles. The number of nitrogens with zero attached hydrogens (tertiary/aromatic N) is 4. The van der Waals surface area contributed by atoms with Gasteiger partial charge in [0.1, 0.15) is 17.5 Å². The normalized spacial score (nSPS) is 14.6. The third-order valence-corrected chi connectivity index (χ3v) is 6.25. The van der Waals surface area contributed by atoms with E-state index >= 15 is 0 Å². The van der Waals surface area contributed by atoms with Crippen LogP contribution in [0.15, 0.2) is 65.3 Å². The Morgan fingerprint density at radius 3 is 2.56 bits per heavy atom. The van der Waals surface area contributed by atoms with Gasteiger partial charge in [-0.2, -0.15) is 0 Å². The van der Waals surface area contributed by atoms with Crippen molar-refractivity contribution in [3.05, 3.63) is 100 Å². The van der Waals surface area contributed by atoms with Crippen LogP contribution in [0.5, 0.6) is 0 Å². The SMILES string of the molecule is Cc1ccc(Cc2nnc(CC3=CCc4cc(F)ccc43)n2CCCC2=CCC=N2)cc1. The van der Waals surface area contributed by atoms with Crippen molar-refractivity contribution >= 4 is 11.8 Å². The second kappa shape index (κ2) is 9.03.